The number of ether oxygens (including phenoxy) is 1. The first-order valence-corrected chi connectivity index (χ1v) is 9.93. The number of halogens is 1. The molecule has 26 heavy (non-hydrogen) atoms. The van der Waals surface area contributed by atoms with Gasteiger partial charge in [0.15, 0.2) is 16.4 Å². The van der Waals surface area contributed by atoms with Crippen LogP contribution in [0.5, 0.6) is 0 Å². The van der Waals surface area contributed by atoms with Gasteiger partial charge in [-0.15, -0.1) is 0 Å². The molecule has 138 valence electrons. The Morgan fingerprint density at radius 1 is 1.15 bits per heavy atom. The van der Waals surface area contributed by atoms with Crippen LogP contribution in [0.2, 0.25) is 5.02 Å². The van der Waals surface area contributed by atoms with Gasteiger partial charge in [-0.05, 0) is 36.2 Å². The van der Waals surface area contributed by atoms with Crippen LogP contribution in [0.25, 0.3) is 0 Å². The van der Waals surface area contributed by atoms with Crippen molar-refractivity contribution < 1.29 is 22.7 Å². The van der Waals surface area contributed by atoms with Crippen LogP contribution in [0.4, 0.5) is 0 Å². The molecule has 2 aromatic rings. The van der Waals surface area contributed by atoms with Crippen molar-refractivity contribution in [2.75, 3.05) is 12.9 Å². The molecule has 0 aliphatic rings. The Labute approximate surface area is 157 Å². The van der Waals surface area contributed by atoms with Crippen molar-refractivity contribution in [1.29, 1.82) is 0 Å². The minimum absolute atomic E-state index is 0.00142. The van der Waals surface area contributed by atoms with Gasteiger partial charge >= 0.3 is 5.97 Å². The molecule has 0 bridgehead atoms. The molecule has 0 aromatic heterocycles. The summed E-state index contributed by atoms with van der Waals surface area (Å²) in [5, 5.41) is 2.67. The lowest BCUT2D eigenvalue weighted by Crippen LogP contribution is -2.28. The summed E-state index contributed by atoms with van der Waals surface area (Å²) in [6.45, 7) is 1.78. The summed E-state index contributed by atoms with van der Waals surface area (Å²) in [6, 6.07) is 11.4. The Kier molecular flexibility index (Phi) is 6.39. The molecule has 1 N–H and O–H groups in total. The van der Waals surface area contributed by atoms with E-state index in [1.54, 1.807) is 0 Å². The number of hydrogen-bond donors (Lipinski definition) is 1. The van der Waals surface area contributed by atoms with Crippen LogP contribution >= 0.6 is 11.6 Å². The first kappa shape index (κ1) is 19.9. The number of benzene rings is 2. The van der Waals surface area contributed by atoms with Gasteiger partial charge in [0, 0.05) is 12.8 Å². The Morgan fingerprint density at radius 2 is 1.85 bits per heavy atom. The molecular formula is C18H18ClNO5S. The molecule has 2 aromatic carbocycles. The predicted molar refractivity (Wildman–Crippen MR) is 97.9 cm³/mol. The third-order valence-corrected chi connectivity index (χ3v) is 5.22. The van der Waals surface area contributed by atoms with E-state index in [1.807, 2.05) is 31.2 Å². The number of amides is 1. The smallest absolute Gasteiger partial charge is 0.338 e. The van der Waals surface area contributed by atoms with Gasteiger partial charge < -0.3 is 10.1 Å². The van der Waals surface area contributed by atoms with Crippen molar-refractivity contribution in [2.45, 2.75) is 18.4 Å². The van der Waals surface area contributed by atoms with E-state index >= 15 is 0 Å². The lowest BCUT2D eigenvalue weighted by atomic mass is 10.1. The summed E-state index contributed by atoms with van der Waals surface area (Å²) >= 11 is 5.83. The molecular weight excluding hydrogens is 378 g/mol. The predicted octanol–water partition coefficient (Wildman–Crippen LogP) is 2.53. The molecule has 0 saturated heterocycles. The van der Waals surface area contributed by atoms with Crippen LogP contribution in [0.3, 0.4) is 0 Å². The molecule has 8 heteroatoms. The molecule has 0 saturated carbocycles. The summed E-state index contributed by atoms with van der Waals surface area (Å²) in [6.07, 6.45) is 0.988. The third kappa shape index (κ3) is 5.31. The van der Waals surface area contributed by atoms with Crippen molar-refractivity contribution in [1.82, 2.24) is 5.32 Å². The zero-order valence-electron chi connectivity index (χ0n) is 14.3. The summed E-state index contributed by atoms with van der Waals surface area (Å²) in [7, 11) is -3.58. The first-order chi connectivity index (χ1) is 12.2. The normalized spacial score (nSPS) is 11.0. The molecule has 0 radical (unpaired) electrons. The van der Waals surface area contributed by atoms with Crippen molar-refractivity contribution in [3.63, 3.8) is 0 Å². The minimum atomic E-state index is -3.58. The highest BCUT2D eigenvalue weighted by Crippen LogP contribution is 2.22. The van der Waals surface area contributed by atoms with Gasteiger partial charge in [0.1, 0.15) is 0 Å². The number of rotatable bonds is 6. The SMILES string of the molecule is Cc1ccccc1CNC(=O)COC(=O)c1ccc(Cl)c(S(C)(=O)=O)c1. The van der Waals surface area contributed by atoms with E-state index in [-0.39, 0.29) is 15.5 Å². The lowest BCUT2D eigenvalue weighted by molar-refractivity contribution is -0.124. The number of sulfone groups is 1. The van der Waals surface area contributed by atoms with Crippen LogP contribution in [0, 0.1) is 6.92 Å². The summed E-state index contributed by atoms with van der Waals surface area (Å²) < 4.78 is 28.2. The number of carbonyl (C=O) groups is 2. The molecule has 0 heterocycles. The first-order valence-electron chi connectivity index (χ1n) is 7.66. The van der Waals surface area contributed by atoms with Gasteiger partial charge in [0.2, 0.25) is 0 Å². The second kappa shape index (κ2) is 8.33. The van der Waals surface area contributed by atoms with E-state index in [1.165, 1.54) is 12.1 Å². The lowest BCUT2D eigenvalue weighted by Gasteiger charge is -2.09. The fourth-order valence-electron chi connectivity index (χ4n) is 2.18. The van der Waals surface area contributed by atoms with Gasteiger partial charge in [-0.3, -0.25) is 4.79 Å². The second-order valence-corrected chi connectivity index (χ2v) is 8.09. The van der Waals surface area contributed by atoms with E-state index < -0.39 is 28.3 Å². The largest absolute Gasteiger partial charge is 0.452 e. The van der Waals surface area contributed by atoms with Gasteiger partial charge in [0.25, 0.3) is 5.91 Å². The van der Waals surface area contributed by atoms with E-state index in [0.717, 1.165) is 23.4 Å². The highest BCUT2D eigenvalue weighted by atomic mass is 35.5. The molecule has 0 unspecified atom stereocenters. The molecule has 6 nitrogen and oxygen atoms in total. The average Bonchev–Trinajstić information content (AvgIpc) is 2.58. The van der Waals surface area contributed by atoms with E-state index in [9.17, 15) is 18.0 Å². The molecule has 0 aliphatic heterocycles. The highest BCUT2D eigenvalue weighted by Gasteiger charge is 2.17. The number of aryl methyl sites for hydroxylation is 1. The summed E-state index contributed by atoms with van der Waals surface area (Å²) in [5.41, 5.74) is 2.00. The van der Waals surface area contributed by atoms with Crippen molar-refractivity contribution in [3.8, 4) is 0 Å². The monoisotopic (exact) mass is 395 g/mol. The topological polar surface area (TPSA) is 89.5 Å². The third-order valence-electron chi connectivity index (χ3n) is 3.64. The van der Waals surface area contributed by atoms with Gasteiger partial charge in [-0.2, -0.15) is 0 Å². The molecule has 0 atom stereocenters. The highest BCUT2D eigenvalue weighted by molar-refractivity contribution is 7.90. The zero-order valence-corrected chi connectivity index (χ0v) is 15.9. The minimum Gasteiger partial charge on any atom is -0.452 e. The quantitative estimate of drug-likeness (QED) is 0.759. The van der Waals surface area contributed by atoms with E-state index in [4.69, 9.17) is 16.3 Å². The van der Waals surface area contributed by atoms with Crippen LogP contribution in [0.1, 0.15) is 21.5 Å². The zero-order chi connectivity index (χ0) is 19.3. The Hall–Kier alpha value is -2.38. The Balaban J connectivity index is 1.94. The second-order valence-electron chi connectivity index (χ2n) is 5.70. The van der Waals surface area contributed by atoms with E-state index in [0.29, 0.717) is 6.54 Å². The summed E-state index contributed by atoms with van der Waals surface area (Å²) in [5.74, 6) is -1.27. The van der Waals surface area contributed by atoms with Gasteiger partial charge in [-0.1, -0.05) is 35.9 Å². The number of hydrogen-bond acceptors (Lipinski definition) is 5. The molecule has 0 fully saturated rings. The maximum Gasteiger partial charge on any atom is 0.338 e. The van der Waals surface area contributed by atoms with Crippen molar-refractivity contribution >= 4 is 33.3 Å². The maximum atomic E-state index is 12.0. The number of nitrogens with one attached hydrogen (secondary N) is 1. The number of esters is 1. The van der Waals surface area contributed by atoms with Crippen LogP contribution < -0.4 is 5.32 Å². The molecule has 2 rings (SSSR count). The molecule has 0 aliphatic carbocycles. The standard InChI is InChI=1S/C18H18ClNO5S/c1-12-5-3-4-6-14(12)10-20-17(21)11-25-18(22)13-7-8-15(19)16(9-13)26(2,23)24/h3-9H,10-11H2,1-2H3,(H,20,21). The van der Waals surface area contributed by atoms with Crippen LogP contribution in [-0.2, 0) is 25.9 Å². The molecule has 1 amide bonds. The number of carbonyl (C=O) groups excluding carboxylic acids is 2. The Bertz CT molecular complexity index is 940. The van der Waals surface area contributed by atoms with Crippen LogP contribution in [0.15, 0.2) is 47.4 Å². The summed E-state index contributed by atoms with van der Waals surface area (Å²) in [4.78, 5) is 23.7. The van der Waals surface area contributed by atoms with Gasteiger partial charge in [0.05, 0.1) is 15.5 Å². The molecule has 0 spiro atoms. The van der Waals surface area contributed by atoms with E-state index in [2.05, 4.69) is 5.32 Å². The van der Waals surface area contributed by atoms with Crippen molar-refractivity contribution in [3.05, 3.63) is 64.2 Å². The fourth-order valence-corrected chi connectivity index (χ4v) is 3.48. The van der Waals surface area contributed by atoms with Crippen molar-refractivity contribution in [2.24, 2.45) is 0 Å². The fraction of sp³-hybridized carbons (Fsp3) is 0.222. The average molecular weight is 396 g/mol. The van der Waals surface area contributed by atoms with Gasteiger partial charge in [-0.25, -0.2) is 13.2 Å². The maximum absolute atomic E-state index is 12.0. The Morgan fingerprint density at radius 3 is 2.50 bits per heavy atom. The van der Waals surface area contributed by atoms with Crippen LogP contribution in [-0.4, -0.2) is 33.2 Å².